The standard InChI is InChI=1S/C22H23NO2S2/c1-5-26-18-11-10-16(12-17(18)22(2,3)4)19-13-23-20(27-19)14-6-8-15(9-7-14)21(24)25/h6-13H,5H2,1-4H3,(H,24,25). The molecule has 0 radical (unpaired) electrons. The van der Waals surface area contributed by atoms with Crippen molar-refractivity contribution in [3.05, 3.63) is 59.8 Å². The number of carboxylic acids is 1. The number of aromatic carboxylic acids is 1. The molecule has 2 aromatic carbocycles. The van der Waals surface area contributed by atoms with Gasteiger partial charge >= 0.3 is 5.97 Å². The number of hydrogen-bond donors (Lipinski definition) is 1. The Morgan fingerprint density at radius 1 is 1.11 bits per heavy atom. The van der Waals surface area contributed by atoms with Crippen LogP contribution >= 0.6 is 23.1 Å². The maximum absolute atomic E-state index is 11.0. The molecule has 140 valence electrons. The lowest BCUT2D eigenvalue weighted by Gasteiger charge is -2.23. The molecule has 0 unspecified atom stereocenters. The first-order valence-electron chi connectivity index (χ1n) is 8.87. The van der Waals surface area contributed by atoms with Crippen molar-refractivity contribution in [3.8, 4) is 21.0 Å². The Morgan fingerprint density at radius 2 is 1.78 bits per heavy atom. The van der Waals surface area contributed by atoms with Gasteiger partial charge in [0.25, 0.3) is 0 Å². The summed E-state index contributed by atoms with van der Waals surface area (Å²) in [5, 5.41) is 9.93. The maximum atomic E-state index is 11.0. The Bertz CT molecular complexity index is 953. The van der Waals surface area contributed by atoms with Crippen LogP contribution < -0.4 is 0 Å². The molecule has 0 atom stereocenters. The van der Waals surface area contributed by atoms with Crippen molar-refractivity contribution in [2.45, 2.75) is 38.0 Å². The minimum absolute atomic E-state index is 0.0771. The van der Waals surface area contributed by atoms with E-state index in [0.717, 1.165) is 21.2 Å². The van der Waals surface area contributed by atoms with Crippen molar-refractivity contribution in [2.24, 2.45) is 0 Å². The van der Waals surface area contributed by atoms with Gasteiger partial charge in [-0.2, -0.15) is 0 Å². The van der Waals surface area contributed by atoms with Crippen molar-refractivity contribution >= 4 is 29.1 Å². The van der Waals surface area contributed by atoms with Gasteiger partial charge in [0.2, 0.25) is 0 Å². The highest BCUT2D eigenvalue weighted by atomic mass is 32.2. The summed E-state index contributed by atoms with van der Waals surface area (Å²) in [4.78, 5) is 18.0. The first kappa shape index (κ1) is 19.6. The molecule has 0 bridgehead atoms. The first-order chi connectivity index (χ1) is 12.8. The van der Waals surface area contributed by atoms with Gasteiger partial charge in [-0.1, -0.05) is 45.9 Å². The molecular formula is C22H23NO2S2. The molecule has 0 fully saturated rings. The minimum Gasteiger partial charge on any atom is -0.478 e. The van der Waals surface area contributed by atoms with Crippen molar-refractivity contribution in [3.63, 3.8) is 0 Å². The normalized spacial score (nSPS) is 11.6. The van der Waals surface area contributed by atoms with E-state index in [1.807, 2.05) is 30.1 Å². The Kier molecular flexibility index (Phi) is 5.72. The fraction of sp³-hybridized carbons (Fsp3) is 0.273. The molecule has 3 rings (SSSR count). The van der Waals surface area contributed by atoms with E-state index < -0.39 is 5.97 Å². The number of rotatable bonds is 5. The Balaban J connectivity index is 1.95. The molecule has 3 aromatic rings. The second-order valence-electron chi connectivity index (χ2n) is 7.31. The van der Waals surface area contributed by atoms with E-state index in [1.165, 1.54) is 16.0 Å². The number of benzene rings is 2. The SMILES string of the molecule is CCSc1ccc(-c2cnc(-c3ccc(C(=O)O)cc3)s2)cc1C(C)(C)C. The van der Waals surface area contributed by atoms with Gasteiger partial charge in [0.1, 0.15) is 5.01 Å². The van der Waals surface area contributed by atoms with Crippen LogP contribution in [0.4, 0.5) is 0 Å². The van der Waals surface area contributed by atoms with E-state index in [2.05, 4.69) is 50.9 Å². The molecular weight excluding hydrogens is 374 g/mol. The highest BCUT2D eigenvalue weighted by molar-refractivity contribution is 7.99. The highest BCUT2D eigenvalue weighted by Crippen LogP contribution is 2.38. The van der Waals surface area contributed by atoms with Crippen LogP contribution in [-0.2, 0) is 5.41 Å². The molecule has 0 saturated carbocycles. The smallest absolute Gasteiger partial charge is 0.335 e. The van der Waals surface area contributed by atoms with Gasteiger partial charge in [-0.25, -0.2) is 9.78 Å². The number of carboxylic acid groups (broad SMARTS) is 1. The molecule has 0 aliphatic heterocycles. The van der Waals surface area contributed by atoms with Gasteiger partial charge in [0, 0.05) is 16.7 Å². The molecule has 3 nitrogen and oxygen atoms in total. The Morgan fingerprint density at radius 3 is 2.37 bits per heavy atom. The minimum atomic E-state index is -0.916. The van der Waals surface area contributed by atoms with Crippen LogP contribution in [0.15, 0.2) is 53.6 Å². The van der Waals surface area contributed by atoms with Gasteiger partial charge in [-0.3, -0.25) is 0 Å². The molecule has 0 spiro atoms. The van der Waals surface area contributed by atoms with Crippen molar-refractivity contribution < 1.29 is 9.90 Å². The van der Waals surface area contributed by atoms with E-state index in [1.54, 1.807) is 23.5 Å². The van der Waals surface area contributed by atoms with Crippen molar-refractivity contribution in [1.29, 1.82) is 0 Å². The number of nitrogens with zero attached hydrogens (tertiary/aromatic N) is 1. The molecule has 0 aliphatic rings. The third-order valence-corrected chi connectivity index (χ3v) is 6.31. The third-order valence-electron chi connectivity index (χ3n) is 4.26. The lowest BCUT2D eigenvalue weighted by atomic mass is 9.86. The summed E-state index contributed by atoms with van der Waals surface area (Å²) in [6.45, 7) is 8.91. The number of thiazole rings is 1. The topological polar surface area (TPSA) is 50.2 Å². The van der Waals surface area contributed by atoms with Crippen LogP contribution in [0.3, 0.4) is 0 Å². The summed E-state index contributed by atoms with van der Waals surface area (Å²) in [6, 6.07) is 13.5. The summed E-state index contributed by atoms with van der Waals surface area (Å²) in [6.07, 6.45) is 1.90. The summed E-state index contributed by atoms with van der Waals surface area (Å²) >= 11 is 3.50. The van der Waals surface area contributed by atoms with Crippen LogP contribution in [0.25, 0.3) is 21.0 Å². The van der Waals surface area contributed by atoms with Gasteiger partial charge in [-0.15, -0.1) is 23.1 Å². The zero-order valence-electron chi connectivity index (χ0n) is 15.9. The number of carbonyl (C=O) groups is 1. The lowest BCUT2D eigenvalue weighted by Crippen LogP contribution is -2.12. The molecule has 5 heteroatoms. The fourth-order valence-corrected chi connectivity index (χ4v) is 4.76. The average Bonchev–Trinajstić information content (AvgIpc) is 3.11. The molecule has 0 aliphatic carbocycles. The van der Waals surface area contributed by atoms with Crippen molar-refractivity contribution in [2.75, 3.05) is 5.75 Å². The van der Waals surface area contributed by atoms with E-state index in [9.17, 15) is 4.79 Å². The van der Waals surface area contributed by atoms with Gasteiger partial charge in [-0.05, 0) is 46.6 Å². The zero-order valence-corrected chi connectivity index (χ0v) is 17.6. The van der Waals surface area contributed by atoms with Gasteiger partial charge < -0.3 is 5.11 Å². The Labute approximate surface area is 168 Å². The number of thioether (sulfide) groups is 1. The summed E-state index contributed by atoms with van der Waals surface area (Å²) < 4.78 is 0. The van der Waals surface area contributed by atoms with E-state index in [-0.39, 0.29) is 11.0 Å². The highest BCUT2D eigenvalue weighted by Gasteiger charge is 2.19. The van der Waals surface area contributed by atoms with Crippen LogP contribution in [0.1, 0.15) is 43.6 Å². The third kappa shape index (κ3) is 4.42. The van der Waals surface area contributed by atoms with Gasteiger partial charge in [0.05, 0.1) is 10.4 Å². The van der Waals surface area contributed by atoms with Crippen LogP contribution in [0.5, 0.6) is 0 Å². The molecule has 0 amide bonds. The predicted octanol–water partition coefficient (Wildman–Crippen LogP) is 6.58. The number of aromatic nitrogens is 1. The summed E-state index contributed by atoms with van der Waals surface area (Å²) in [5.41, 5.74) is 3.83. The maximum Gasteiger partial charge on any atom is 0.335 e. The van der Waals surface area contributed by atoms with Crippen LogP contribution in [0.2, 0.25) is 0 Å². The molecule has 1 heterocycles. The molecule has 1 aromatic heterocycles. The summed E-state index contributed by atoms with van der Waals surface area (Å²) in [5.74, 6) is 0.139. The van der Waals surface area contributed by atoms with Crippen LogP contribution in [0, 0.1) is 0 Å². The average molecular weight is 398 g/mol. The lowest BCUT2D eigenvalue weighted by molar-refractivity contribution is 0.0697. The second-order valence-corrected chi connectivity index (χ2v) is 9.64. The van der Waals surface area contributed by atoms with E-state index >= 15 is 0 Å². The molecule has 1 N–H and O–H groups in total. The van der Waals surface area contributed by atoms with Crippen LogP contribution in [-0.4, -0.2) is 21.8 Å². The van der Waals surface area contributed by atoms with E-state index in [4.69, 9.17) is 5.11 Å². The molecule has 27 heavy (non-hydrogen) atoms. The van der Waals surface area contributed by atoms with Gasteiger partial charge in [0.15, 0.2) is 0 Å². The number of hydrogen-bond acceptors (Lipinski definition) is 4. The fourth-order valence-electron chi connectivity index (χ4n) is 2.85. The first-order valence-corrected chi connectivity index (χ1v) is 10.7. The zero-order chi connectivity index (χ0) is 19.6. The quantitative estimate of drug-likeness (QED) is 0.494. The predicted molar refractivity (Wildman–Crippen MR) is 115 cm³/mol. The van der Waals surface area contributed by atoms with Crippen molar-refractivity contribution in [1.82, 2.24) is 4.98 Å². The monoisotopic (exact) mass is 397 g/mol. The summed E-state index contributed by atoms with van der Waals surface area (Å²) in [7, 11) is 0. The molecule has 0 saturated heterocycles. The largest absolute Gasteiger partial charge is 0.478 e. The van der Waals surface area contributed by atoms with E-state index in [0.29, 0.717) is 0 Å². The Hall–Kier alpha value is -2.11. The second kappa shape index (κ2) is 7.87.